The van der Waals surface area contributed by atoms with E-state index in [-0.39, 0.29) is 11.4 Å². The van der Waals surface area contributed by atoms with Crippen molar-refractivity contribution in [2.75, 3.05) is 20.1 Å². The van der Waals surface area contributed by atoms with Crippen LogP contribution in [-0.2, 0) is 0 Å². The van der Waals surface area contributed by atoms with E-state index in [9.17, 15) is 4.79 Å². The number of nitrogens with one attached hydrogen (secondary N) is 1. The van der Waals surface area contributed by atoms with E-state index in [1.165, 1.54) is 0 Å². The Kier molecular flexibility index (Phi) is 3.19. The molecule has 0 aliphatic carbocycles. The summed E-state index contributed by atoms with van der Waals surface area (Å²) >= 11 is 0. The summed E-state index contributed by atoms with van der Waals surface area (Å²) in [5, 5.41) is 7.08. The van der Waals surface area contributed by atoms with E-state index in [4.69, 9.17) is 4.52 Å². The maximum absolute atomic E-state index is 12.1. The highest BCUT2D eigenvalue weighted by atomic mass is 16.5. The molecule has 1 fully saturated rings. The molecule has 1 N–H and O–H groups in total. The number of aryl methyl sites for hydroxylation is 1. The van der Waals surface area contributed by atoms with Gasteiger partial charge in [-0.25, -0.2) is 0 Å². The predicted molar refractivity (Wildman–Crippen MR) is 63.8 cm³/mol. The van der Waals surface area contributed by atoms with Crippen molar-refractivity contribution in [3.8, 4) is 0 Å². The summed E-state index contributed by atoms with van der Waals surface area (Å²) in [4.78, 5) is 13.9. The Morgan fingerprint density at radius 3 is 2.65 bits per heavy atom. The van der Waals surface area contributed by atoms with Crippen molar-refractivity contribution >= 4 is 5.91 Å². The Hall–Kier alpha value is -1.36. The number of rotatable bonds is 2. The molecule has 1 aliphatic rings. The van der Waals surface area contributed by atoms with Crippen LogP contribution in [-0.4, -0.2) is 41.6 Å². The molecule has 1 amide bonds. The molecule has 5 nitrogen and oxygen atoms in total. The van der Waals surface area contributed by atoms with Crippen LogP contribution in [0.4, 0.5) is 0 Å². The monoisotopic (exact) mass is 237 g/mol. The van der Waals surface area contributed by atoms with Crippen molar-refractivity contribution in [3.63, 3.8) is 0 Å². The second-order valence-corrected chi connectivity index (χ2v) is 4.93. The van der Waals surface area contributed by atoms with Gasteiger partial charge in [-0.1, -0.05) is 5.16 Å². The maximum Gasteiger partial charge on any atom is 0.276 e. The Morgan fingerprint density at radius 1 is 1.53 bits per heavy atom. The molecule has 1 aliphatic heterocycles. The number of carbonyl (C=O) groups excluding carboxylic acids is 1. The molecule has 0 aromatic carbocycles. The third kappa shape index (κ3) is 2.49. The van der Waals surface area contributed by atoms with Gasteiger partial charge in [-0.2, -0.15) is 0 Å². The van der Waals surface area contributed by atoms with Crippen molar-refractivity contribution in [1.29, 1.82) is 0 Å². The molecule has 0 saturated carbocycles. The highest BCUT2D eigenvalue weighted by Gasteiger charge is 2.31. The van der Waals surface area contributed by atoms with Gasteiger partial charge >= 0.3 is 0 Å². The number of amides is 1. The fraction of sp³-hybridized carbons (Fsp3) is 0.667. The number of nitrogens with zero attached hydrogens (tertiary/aromatic N) is 2. The SMILES string of the molecule is CNC1(C)CCN(C(=O)c2cc(C)on2)CC1. The standard InChI is InChI=1S/C12H19N3O2/c1-9-8-10(14-17-9)11(16)15-6-4-12(2,13-3)5-7-15/h8,13H,4-7H2,1-3H3. The lowest BCUT2D eigenvalue weighted by atomic mass is 9.90. The Labute approximate surface area is 101 Å². The second-order valence-electron chi connectivity index (χ2n) is 4.93. The van der Waals surface area contributed by atoms with Crippen LogP contribution in [0, 0.1) is 6.92 Å². The normalized spacial score (nSPS) is 19.4. The van der Waals surface area contributed by atoms with Gasteiger partial charge in [0.25, 0.3) is 5.91 Å². The number of piperidine rings is 1. The van der Waals surface area contributed by atoms with E-state index >= 15 is 0 Å². The first-order valence-electron chi connectivity index (χ1n) is 5.95. The highest BCUT2D eigenvalue weighted by molar-refractivity contribution is 5.92. The van der Waals surface area contributed by atoms with Gasteiger partial charge in [0, 0.05) is 24.7 Å². The summed E-state index contributed by atoms with van der Waals surface area (Å²) in [6.07, 6.45) is 1.93. The molecule has 2 heterocycles. The minimum absolute atomic E-state index is 0.0278. The Balaban J connectivity index is 1.99. The van der Waals surface area contributed by atoms with Gasteiger partial charge < -0.3 is 14.7 Å². The van der Waals surface area contributed by atoms with Crippen molar-refractivity contribution in [2.24, 2.45) is 0 Å². The average Bonchev–Trinajstić information content (AvgIpc) is 2.76. The Morgan fingerprint density at radius 2 is 2.18 bits per heavy atom. The van der Waals surface area contributed by atoms with Crippen molar-refractivity contribution in [3.05, 3.63) is 17.5 Å². The van der Waals surface area contributed by atoms with Crippen LogP contribution in [0.3, 0.4) is 0 Å². The van der Waals surface area contributed by atoms with Crippen LogP contribution >= 0.6 is 0 Å². The van der Waals surface area contributed by atoms with Gasteiger partial charge in [-0.15, -0.1) is 0 Å². The first kappa shape index (κ1) is 12.1. The van der Waals surface area contributed by atoms with Gasteiger partial charge in [0.15, 0.2) is 5.69 Å². The second kappa shape index (κ2) is 4.49. The smallest absolute Gasteiger partial charge is 0.276 e. The zero-order valence-corrected chi connectivity index (χ0v) is 10.6. The van der Waals surface area contributed by atoms with Crippen LogP contribution in [0.2, 0.25) is 0 Å². The van der Waals surface area contributed by atoms with Gasteiger partial charge in [-0.3, -0.25) is 4.79 Å². The fourth-order valence-electron chi connectivity index (χ4n) is 2.08. The lowest BCUT2D eigenvalue weighted by Crippen LogP contribution is -2.51. The number of hydrogen-bond donors (Lipinski definition) is 1. The van der Waals surface area contributed by atoms with E-state index in [2.05, 4.69) is 17.4 Å². The first-order chi connectivity index (χ1) is 8.04. The largest absolute Gasteiger partial charge is 0.361 e. The maximum atomic E-state index is 12.1. The Bertz CT molecular complexity index is 406. The molecule has 94 valence electrons. The summed E-state index contributed by atoms with van der Waals surface area (Å²) in [5.41, 5.74) is 0.562. The topological polar surface area (TPSA) is 58.4 Å². The van der Waals surface area contributed by atoms with Gasteiger partial charge in [0.2, 0.25) is 0 Å². The molecule has 0 radical (unpaired) electrons. The van der Waals surface area contributed by atoms with E-state index in [1.807, 2.05) is 11.9 Å². The first-order valence-corrected chi connectivity index (χ1v) is 5.95. The minimum atomic E-state index is -0.0278. The number of aromatic nitrogens is 1. The van der Waals surface area contributed by atoms with E-state index in [1.54, 1.807) is 13.0 Å². The number of hydrogen-bond acceptors (Lipinski definition) is 4. The van der Waals surface area contributed by atoms with Crippen LogP contribution in [0.15, 0.2) is 10.6 Å². The van der Waals surface area contributed by atoms with Gasteiger partial charge in [-0.05, 0) is 33.7 Å². The zero-order chi connectivity index (χ0) is 12.5. The van der Waals surface area contributed by atoms with Crippen molar-refractivity contribution in [2.45, 2.75) is 32.2 Å². The fourth-order valence-corrected chi connectivity index (χ4v) is 2.08. The zero-order valence-electron chi connectivity index (χ0n) is 10.6. The molecule has 0 unspecified atom stereocenters. The lowest BCUT2D eigenvalue weighted by molar-refractivity contribution is 0.0651. The van der Waals surface area contributed by atoms with Crippen LogP contribution < -0.4 is 5.32 Å². The van der Waals surface area contributed by atoms with Gasteiger partial charge in [0.1, 0.15) is 5.76 Å². The van der Waals surface area contributed by atoms with E-state index in [0.717, 1.165) is 25.9 Å². The van der Waals surface area contributed by atoms with Crippen LogP contribution in [0.25, 0.3) is 0 Å². The molecule has 0 atom stereocenters. The molecule has 2 rings (SSSR count). The molecule has 5 heteroatoms. The number of likely N-dealkylation sites (tertiary alicyclic amines) is 1. The van der Waals surface area contributed by atoms with E-state index in [0.29, 0.717) is 11.5 Å². The molecule has 1 saturated heterocycles. The van der Waals surface area contributed by atoms with E-state index < -0.39 is 0 Å². The third-order valence-corrected chi connectivity index (χ3v) is 3.60. The molecule has 1 aromatic rings. The minimum Gasteiger partial charge on any atom is -0.361 e. The molecule has 17 heavy (non-hydrogen) atoms. The van der Waals surface area contributed by atoms with Crippen LogP contribution in [0.1, 0.15) is 36.0 Å². The molecule has 0 bridgehead atoms. The molecular weight excluding hydrogens is 218 g/mol. The summed E-state index contributed by atoms with van der Waals surface area (Å²) in [5.74, 6) is 0.644. The summed E-state index contributed by atoms with van der Waals surface area (Å²) < 4.78 is 4.93. The van der Waals surface area contributed by atoms with Crippen molar-refractivity contribution in [1.82, 2.24) is 15.4 Å². The average molecular weight is 237 g/mol. The lowest BCUT2D eigenvalue weighted by Gasteiger charge is -2.39. The molecule has 1 aromatic heterocycles. The summed E-state index contributed by atoms with van der Waals surface area (Å²) in [6, 6.07) is 1.69. The third-order valence-electron chi connectivity index (χ3n) is 3.60. The summed E-state index contributed by atoms with van der Waals surface area (Å²) in [6.45, 7) is 5.51. The quantitative estimate of drug-likeness (QED) is 0.839. The van der Waals surface area contributed by atoms with Crippen molar-refractivity contribution < 1.29 is 9.32 Å². The highest BCUT2D eigenvalue weighted by Crippen LogP contribution is 2.22. The molecular formula is C12H19N3O2. The van der Waals surface area contributed by atoms with Gasteiger partial charge in [0.05, 0.1) is 0 Å². The number of carbonyl (C=O) groups is 1. The van der Waals surface area contributed by atoms with Crippen LogP contribution in [0.5, 0.6) is 0 Å². The summed E-state index contributed by atoms with van der Waals surface area (Å²) in [7, 11) is 1.97. The molecule has 0 spiro atoms. The predicted octanol–water partition coefficient (Wildman–Crippen LogP) is 1.20.